The van der Waals surface area contributed by atoms with Crippen molar-refractivity contribution in [2.45, 2.75) is 12.5 Å². The molecule has 5 rings (SSSR count). The second-order valence-corrected chi connectivity index (χ2v) is 7.92. The number of carbonyl (C=O) groups is 1. The highest BCUT2D eigenvalue weighted by molar-refractivity contribution is 6.07. The van der Waals surface area contributed by atoms with Crippen molar-refractivity contribution in [2.75, 3.05) is 39.3 Å². The number of amides is 1. The molecule has 1 atom stereocenters. The molecular weight excluding hydrogens is 360 g/mol. The zero-order chi connectivity index (χ0) is 19.6. The fourth-order valence-electron chi connectivity index (χ4n) is 4.55. The fourth-order valence-corrected chi connectivity index (χ4v) is 4.55. The molecule has 2 aliphatic rings. The minimum Gasteiger partial charge on any atom is -0.337 e. The van der Waals surface area contributed by atoms with Crippen molar-refractivity contribution in [1.82, 2.24) is 20.1 Å². The number of benzene rings is 2. The van der Waals surface area contributed by atoms with Crippen LogP contribution in [-0.2, 0) is 0 Å². The average Bonchev–Trinajstić information content (AvgIpc) is 3.29. The van der Waals surface area contributed by atoms with Gasteiger partial charge in [0.05, 0.1) is 16.8 Å². The zero-order valence-electron chi connectivity index (χ0n) is 16.6. The molecule has 148 valence electrons. The molecule has 0 spiro atoms. The maximum absolute atomic E-state index is 13.5. The molecule has 5 nitrogen and oxygen atoms in total. The number of fused-ring (bicyclic) bond motifs is 1. The molecule has 2 fully saturated rings. The highest BCUT2D eigenvalue weighted by Gasteiger charge is 2.32. The number of rotatable bonds is 3. The van der Waals surface area contributed by atoms with Crippen LogP contribution in [0, 0.1) is 0 Å². The Bertz CT molecular complexity index is 1010. The van der Waals surface area contributed by atoms with Crippen molar-refractivity contribution in [2.24, 2.45) is 0 Å². The number of nitrogens with one attached hydrogen (secondary N) is 1. The first-order valence-electron chi connectivity index (χ1n) is 10.5. The molecule has 29 heavy (non-hydrogen) atoms. The van der Waals surface area contributed by atoms with E-state index >= 15 is 0 Å². The van der Waals surface area contributed by atoms with Crippen LogP contribution >= 0.6 is 0 Å². The predicted octanol–water partition coefficient (Wildman–Crippen LogP) is 3.02. The van der Waals surface area contributed by atoms with Gasteiger partial charge in [0, 0.05) is 56.3 Å². The van der Waals surface area contributed by atoms with Gasteiger partial charge in [-0.05, 0) is 18.6 Å². The molecule has 0 bridgehead atoms. The van der Waals surface area contributed by atoms with E-state index in [0.717, 1.165) is 73.4 Å². The number of hydrogen-bond acceptors (Lipinski definition) is 4. The monoisotopic (exact) mass is 386 g/mol. The van der Waals surface area contributed by atoms with Crippen LogP contribution in [0.1, 0.15) is 16.8 Å². The van der Waals surface area contributed by atoms with E-state index in [0.29, 0.717) is 6.04 Å². The summed E-state index contributed by atoms with van der Waals surface area (Å²) in [6.45, 7) is 5.87. The van der Waals surface area contributed by atoms with Crippen molar-refractivity contribution in [3.05, 3.63) is 66.2 Å². The number of likely N-dealkylation sites (tertiary alicyclic amines) is 1. The molecule has 1 N–H and O–H groups in total. The van der Waals surface area contributed by atoms with Crippen molar-refractivity contribution < 1.29 is 4.79 Å². The summed E-state index contributed by atoms with van der Waals surface area (Å²) in [6, 6.07) is 20.5. The molecule has 0 radical (unpaired) electrons. The van der Waals surface area contributed by atoms with E-state index in [1.165, 1.54) is 0 Å². The van der Waals surface area contributed by atoms with Crippen LogP contribution in [0.5, 0.6) is 0 Å². The molecule has 1 amide bonds. The van der Waals surface area contributed by atoms with E-state index in [4.69, 9.17) is 4.98 Å². The number of pyridine rings is 1. The summed E-state index contributed by atoms with van der Waals surface area (Å²) in [5, 5.41) is 4.34. The van der Waals surface area contributed by atoms with Crippen LogP contribution < -0.4 is 5.32 Å². The third kappa shape index (κ3) is 3.63. The second-order valence-electron chi connectivity index (χ2n) is 7.92. The molecule has 3 heterocycles. The number of aromatic nitrogens is 1. The molecule has 1 unspecified atom stereocenters. The van der Waals surface area contributed by atoms with E-state index in [2.05, 4.69) is 10.2 Å². The highest BCUT2D eigenvalue weighted by atomic mass is 16.2. The summed E-state index contributed by atoms with van der Waals surface area (Å²) in [4.78, 5) is 22.9. The Morgan fingerprint density at radius 2 is 1.72 bits per heavy atom. The largest absolute Gasteiger partial charge is 0.337 e. The quantitative estimate of drug-likeness (QED) is 0.752. The number of para-hydroxylation sites is 1. The lowest BCUT2D eigenvalue weighted by atomic mass is 10.0. The highest BCUT2D eigenvalue weighted by Crippen LogP contribution is 2.27. The Hall–Kier alpha value is -2.76. The Morgan fingerprint density at radius 1 is 0.966 bits per heavy atom. The molecule has 0 aliphatic carbocycles. The van der Waals surface area contributed by atoms with Gasteiger partial charge in [-0.3, -0.25) is 9.69 Å². The topological polar surface area (TPSA) is 48.5 Å². The van der Waals surface area contributed by atoms with Crippen LogP contribution in [0.3, 0.4) is 0 Å². The van der Waals surface area contributed by atoms with Crippen molar-refractivity contribution in [3.63, 3.8) is 0 Å². The molecule has 2 aromatic carbocycles. The molecule has 2 saturated heterocycles. The standard InChI is InChI=1S/C24H26N4O/c29-24(28-13-10-19(17-28)27-14-11-25-12-15-27)21-16-23(18-6-2-1-3-7-18)26-22-9-5-4-8-20(21)22/h1-9,16,19,25H,10-15,17H2. The lowest BCUT2D eigenvalue weighted by Gasteiger charge is -2.32. The minimum atomic E-state index is 0.124. The van der Waals surface area contributed by atoms with E-state index in [9.17, 15) is 4.79 Å². The van der Waals surface area contributed by atoms with Gasteiger partial charge in [0.15, 0.2) is 0 Å². The van der Waals surface area contributed by atoms with Gasteiger partial charge in [-0.1, -0.05) is 48.5 Å². The Kier molecular flexibility index (Phi) is 5.00. The lowest BCUT2D eigenvalue weighted by Crippen LogP contribution is -2.49. The molecule has 1 aromatic heterocycles. The first-order chi connectivity index (χ1) is 14.3. The second kappa shape index (κ2) is 7.93. The number of hydrogen-bond donors (Lipinski definition) is 1. The predicted molar refractivity (Wildman–Crippen MR) is 116 cm³/mol. The van der Waals surface area contributed by atoms with Gasteiger partial charge in [0.2, 0.25) is 0 Å². The zero-order valence-corrected chi connectivity index (χ0v) is 16.6. The summed E-state index contributed by atoms with van der Waals surface area (Å²) in [5.74, 6) is 0.124. The van der Waals surface area contributed by atoms with E-state index < -0.39 is 0 Å². The van der Waals surface area contributed by atoms with Crippen molar-refractivity contribution >= 4 is 16.8 Å². The van der Waals surface area contributed by atoms with Gasteiger partial charge in [-0.2, -0.15) is 0 Å². The summed E-state index contributed by atoms with van der Waals surface area (Å²) < 4.78 is 0. The summed E-state index contributed by atoms with van der Waals surface area (Å²) >= 11 is 0. The smallest absolute Gasteiger partial charge is 0.254 e. The maximum atomic E-state index is 13.5. The first-order valence-corrected chi connectivity index (χ1v) is 10.5. The van der Waals surface area contributed by atoms with Crippen molar-refractivity contribution in [3.8, 4) is 11.3 Å². The average molecular weight is 386 g/mol. The Morgan fingerprint density at radius 3 is 2.55 bits per heavy atom. The van der Waals surface area contributed by atoms with Gasteiger partial charge in [-0.15, -0.1) is 0 Å². The molecule has 5 heteroatoms. The van der Waals surface area contributed by atoms with Gasteiger partial charge in [-0.25, -0.2) is 4.98 Å². The first kappa shape index (κ1) is 18.3. The van der Waals surface area contributed by atoms with Crippen molar-refractivity contribution in [1.29, 1.82) is 0 Å². The number of piperazine rings is 1. The van der Waals surface area contributed by atoms with Gasteiger partial charge >= 0.3 is 0 Å². The molecule has 3 aromatic rings. The van der Waals surface area contributed by atoms with Crippen LogP contribution in [0.4, 0.5) is 0 Å². The van der Waals surface area contributed by atoms with Crippen LogP contribution in [0.15, 0.2) is 60.7 Å². The van der Waals surface area contributed by atoms with Crippen LogP contribution in [-0.4, -0.2) is 66.0 Å². The Labute approximate surface area is 171 Å². The van der Waals surface area contributed by atoms with E-state index in [1.54, 1.807) is 0 Å². The molecule has 2 aliphatic heterocycles. The van der Waals surface area contributed by atoms with E-state index in [1.807, 2.05) is 65.6 Å². The number of nitrogens with zero attached hydrogens (tertiary/aromatic N) is 3. The third-order valence-corrected chi connectivity index (χ3v) is 6.13. The lowest BCUT2D eigenvalue weighted by molar-refractivity contribution is 0.0775. The molecular formula is C24H26N4O. The summed E-state index contributed by atoms with van der Waals surface area (Å²) in [5.41, 5.74) is 3.52. The SMILES string of the molecule is O=C(c1cc(-c2ccccc2)nc2ccccc12)N1CCC(N2CCNCC2)C1. The van der Waals surface area contributed by atoms with Gasteiger partial charge in [0.25, 0.3) is 5.91 Å². The minimum absolute atomic E-state index is 0.124. The summed E-state index contributed by atoms with van der Waals surface area (Å²) in [6.07, 6.45) is 1.06. The fraction of sp³-hybridized carbons (Fsp3) is 0.333. The molecule has 0 saturated carbocycles. The van der Waals surface area contributed by atoms with Crippen LogP contribution in [0.25, 0.3) is 22.2 Å². The van der Waals surface area contributed by atoms with Gasteiger partial charge in [0.1, 0.15) is 0 Å². The Balaban J connectivity index is 1.47. The normalized spacial score (nSPS) is 20.3. The van der Waals surface area contributed by atoms with E-state index in [-0.39, 0.29) is 5.91 Å². The van der Waals surface area contributed by atoms with Crippen LogP contribution in [0.2, 0.25) is 0 Å². The maximum Gasteiger partial charge on any atom is 0.254 e. The van der Waals surface area contributed by atoms with Gasteiger partial charge < -0.3 is 10.2 Å². The third-order valence-electron chi connectivity index (χ3n) is 6.13. The number of carbonyl (C=O) groups excluding carboxylic acids is 1. The summed E-state index contributed by atoms with van der Waals surface area (Å²) in [7, 11) is 0.